The van der Waals surface area contributed by atoms with Crippen molar-refractivity contribution in [1.29, 1.82) is 0 Å². The van der Waals surface area contributed by atoms with Gasteiger partial charge in [0.05, 0.1) is 12.6 Å². The van der Waals surface area contributed by atoms with Crippen molar-refractivity contribution in [1.82, 2.24) is 9.97 Å². The highest BCUT2D eigenvalue weighted by Gasteiger charge is 1.96. The first kappa shape index (κ1) is 6.22. The molecule has 0 fully saturated rings. The van der Waals surface area contributed by atoms with E-state index in [0.29, 0.717) is 5.88 Å². The minimum Gasteiger partial charge on any atom is -0.481 e. The Kier molecular flexibility index (Phi) is 1.28. The van der Waals surface area contributed by atoms with Crippen LogP contribution in [0.15, 0.2) is 24.5 Å². The van der Waals surface area contributed by atoms with Crippen LogP contribution in [0.3, 0.4) is 0 Å². The van der Waals surface area contributed by atoms with Gasteiger partial charge in [0.15, 0.2) is 0 Å². The van der Waals surface area contributed by atoms with E-state index in [2.05, 4.69) is 9.97 Å². The Morgan fingerprint density at radius 3 is 3.27 bits per heavy atom. The molecule has 2 aromatic rings. The van der Waals surface area contributed by atoms with Crippen LogP contribution in [0, 0.1) is 0 Å². The second-order valence-electron chi connectivity index (χ2n) is 2.29. The summed E-state index contributed by atoms with van der Waals surface area (Å²) in [4.78, 5) is 7.13. The maximum atomic E-state index is 4.96. The van der Waals surface area contributed by atoms with E-state index in [4.69, 9.17) is 4.74 Å². The summed E-state index contributed by atoms with van der Waals surface area (Å²) in [5.41, 5.74) is 1.05. The largest absolute Gasteiger partial charge is 0.481 e. The van der Waals surface area contributed by atoms with E-state index in [1.807, 2.05) is 18.3 Å². The molecule has 0 amide bonds. The van der Waals surface area contributed by atoms with Crippen LogP contribution in [0.2, 0.25) is 0 Å². The molecule has 2 rings (SSSR count). The smallest absolute Gasteiger partial charge is 0.215 e. The van der Waals surface area contributed by atoms with Crippen LogP contribution in [-0.4, -0.2) is 17.1 Å². The molecule has 11 heavy (non-hydrogen) atoms. The predicted octanol–water partition coefficient (Wildman–Crippen LogP) is 1.57. The van der Waals surface area contributed by atoms with Crippen LogP contribution in [0.1, 0.15) is 0 Å². The van der Waals surface area contributed by atoms with Crippen molar-refractivity contribution in [2.75, 3.05) is 7.11 Å². The van der Waals surface area contributed by atoms with Crippen molar-refractivity contribution in [3.63, 3.8) is 0 Å². The van der Waals surface area contributed by atoms with Gasteiger partial charge in [-0.25, -0.2) is 4.98 Å². The molecule has 0 saturated heterocycles. The van der Waals surface area contributed by atoms with E-state index in [-0.39, 0.29) is 0 Å². The molecule has 2 heterocycles. The lowest BCUT2D eigenvalue weighted by atomic mass is 10.3. The summed E-state index contributed by atoms with van der Waals surface area (Å²) < 4.78 is 4.96. The number of aromatic amines is 1. The third-order valence-corrected chi connectivity index (χ3v) is 1.62. The zero-order valence-corrected chi connectivity index (χ0v) is 6.16. The van der Waals surface area contributed by atoms with Gasteiger partial charge in [-0.2, -0.15) is 0 Å². The van der Waals surface area contributed by atoms with E-state index in [1.165, 1.54) is 0 Å². The van der Waals surface area contributed by atoms with Crippen molar-refractivity contribution in [2.24, 2.45) is 0 Å². The minimum atomic E-state index is 0.639. The molecule has 3 heteroatoms. The fraction of sp³-hybridized carbons (Fsp3) is 0.125. The first-order valence-electron chi connectivity index (χ1n) is 3.37. The summed E-state index contributed by atoms with van der Waals surface area (Å²) in [6.45, 7) is 0. The Morgan fingerprint density at radius 1 is 1.55 bits per heavy atom. The minimum absolute atomic E-state index is 0.639. The van der Waals surface area contributed by atoms with Gasteiger partial charge >= 0.3 is 0 Å². The standard InChI is InChI=1S/C8H8N2O/c1-11-8-4-7-6(5-10-8)2-3-9-7/h2-5,9H,1H3. The highest BCUT2D eigenvalue weighted by Crippen LogP contribution is 2.15. The number of ether oxygens (including phenoxy) is 1. The molecule has 0 atom stereocenters. The monoisotopic (exact) mass is 148 g/mol. The second-order valence-corrected chi connectivity index (χ2v) is 2.29. The van der Waals surface area contributed by atoms with Gasteiger partial charge in [0, 0.05) is 23.8 Å². The van der Waals surface area contributed by atoms with Gasteiger partial charge in [0.2, 0.25) is 5.88 Å². The number of methoxy groups -OCH3 is 1. The summed E-state index contributed by atoms with van der Waals surface area (Å²) in [7, 11) is 1.61. The van der Waals surface area contributed by atoms with Crippen LogP contribution >= 0.6 is 0 Å². The zero-order valence-electron chi connectivity index (χ0n) is 6.16. The van der Waals surface area contributed by atoms with Crippen LogP contribution in [0.4, 0.5) is 0 Å². The maximum Gasteiger partial charge on any atom is 0.215 e. The number of pyridine rings is 1. The van der Waals surface area contributed by atoms with E-state index < -0.39 is 0 Å². The summed E-state index contributed by atoms with van der Waals surface area (Å²) >= 11 is 0. The van der Waals surface area contributed by atoms with E-state index in [9.17, 15) is 0 Å². The molecule has 0 aliphatic rings. The van der Waals surface area contributed by atoms with Crippen molar-refractivity contribution < 1.29 is 4.74 Å². The number of hydrogen-bond donors (Lipinski definition) is 1. The summed E-state index contributed by atoms with van der Waals surface area (Å²) in [6.07, 6.45) is 3.66. The molecule has 0 saturated carbocycles. The number of H-pyrrole nitrogens is 1. The van der Waals surface area contributed by atoms with Gasteiger partial charge in [0.1, 0.15) is 0 Å². The first-order chi connectivity index (χ1) is 5.40. The second kappa shape index (κ2) is 2.27. The lowest BCUT2D eigenvalue weighted by Gasteiger charge is -1.96. The third-order valence-electron chi connectivity index (χ3n) is 1.62. The Labute approximate surface area is 64.0 Å². The highest BCUT2D eigenvalue weighted by atomic mass is 16.5. The quantitative estimate of drug-likeness (QED) is 0.666. The maximum absolute atomic E-state index is 4.96. The number of aromatic nitrogens is 2. The van der Waals surface area contributed by atoms with Crippen LogP contribution < -0.4 is 4.74 Å². The Hall–Kier alpha value is -1.51. The van der Waals surface area contributed by atoms with E-state index in [1.54, 1.807) is 13.3 Å². The van der Waals surface area contributed by atoms with Crippen molar-refractivity contribution in [3.05, 3.63) is 24.5 Å². The Morgan fingerprint density at radius 2 is 2.45 bits per heavy atom. The number of hydrogen-bond acceptors (Lipinski definition) is 2. The van der Waals surface area contributed by atoms with Gasteiger partial charge in [-0.3, -0.25) is 0 Å². The van der Waals surface area contributed by atoms with E-state index in [0.717, 1.165) is 10.9 Å². The highest BCUT2D eigenvalue weighted by molar-refractivity contribution is 5.78. The van der Waals surface area contributed by atoms with Crippen molar-refractivity contribution in [2.45, 2.75) is 0 Å². The average molecular weight is 148 g/mol. The van der Waals surface area contributed by atoms with Gasteiger partial charge in [-0.05, 0) is 6.07 Å². The molecular weight excluding hydrogens is 140 g/mol. The summed E-state index contributed by atoms with van der Waals surface area (Å²) in [5, 5.41) is 1.10. The van der Waals surface area contributed by atoms with Gasteiger partial charge < -0.3 is 9.72 Å². The van der Waals surface area contributed by atoms with Crippen molar-refractivity contribution >= 4 is 10.9 Å². The fourth-order valence-corrected chi connectivity index (χ4v) is 1.04. The van der Waals surface area contributed by atoms with Crippen LogP contribution in [0.25, 0.3) is 10.9 Å². The molecule has 0 spiro atoms. The normalized spacial score (nSPS) is 10.3. The molecule has 56 valence electrons. The first-order valence-corrected chi connectivity index (χ1v) is 3.37. The molecule has 0 aromatic carbocycles. The molecule has 1 N–H and O–H groups in total. The molecule has 0 aliphatic carbocycles. The van der Waals surface area contributed by atoms with Gasteiger partial charge in [-0.1, -0.05) is 0 Å². The topological polar surface area (TPSA) is 37.9 Å². The lowest BCUT2D eigenvalue weighted by molar-refractivity contribution is 0.398. The Bertz CT molecular complexity index is 367. The summed E-state index contributed by atoms with van der Waals surface area (Å²) in [5.74, 6) is 0.639. The van der Waals surface area contributed by atoms with Crippen molar-refractivity contribution in [3.8, 4) is 5.88 Å². The predicted molar refractivity (Wildman–Crippen MR) is 42.6 cm³/mol. The van der Waals surface area contributed by atoms with Crippen LogP contribution in [0.5, 0.6) is 5.88 Å². The molecular formula is C8H8N2O. The summed E-state index contributed by atoms with van der Waals surface area (Å²) in [6, 6.07) is 3.84. The molecule has 0 unspecified atom stereocenters. The van der Waals surface area contributed by atoms with Crippen LogP contribution in [-0.2, 0) is 0 Å². The molecule has 0 radical (unpaired) electrons. The fourth-order valence-electron chi connectivity index (χ4n) is 1.04. The third kappa shape index (κ3) is 0.941. The molecule has 0 aliphatic heterocycles. The molecule has 0 bridgehead atoms. The number of fused-ring (bicyclic) bond motifs is 1. The van der Waals surface area contributed by atoms with E-state index >= 15 is 0 Å². The van der Waals surface area contributed by atoms with Gasteiger partial charge in [0.25, 0.3) is 0 Å². The number of nitrogens with zero attached hydrogens (tertiary/aromatic N) is 1. The molecule has 2 aromatic heterocycles. The number of rotatable bonds is 1. The SMILES string of the molecule is COc1cc2[nH]ccc2cn1. The number of nitrogens with one attached hydrogen (secondary N) is 1. The van der Waals surface area contributed by atoms with Gasteiger partial charge in [-0.15, -0.1) is 0 Å². The average Bonchev–Trinajstić information content (AvgIpc) is 2.50. The molecule has 3 nitrogen and oxygen atoms in total. The lowest BCUT2D eigenvalue weighted by Crippen LogP contribution is -1.85. The zero-order chi connectivity index (χ0) is 7.68. The Balaban J connectivity index is 2.67.